The van der Waals surface area contributed by atoms with Crippen LogP contribution in [0.3, 0.4) is 0 Å². The second kappa shape index (κ2) is 13.8. The summed E-state index contributed by atoms with van der Waals surface area (Å²) in [5.41, 5.74) is 0.718. The normalized spacial score (nSPS) is 44.2. The summed E-state index contributed by atoms with van der Waals surface area (Å²) in [5.74, 6) is -1.66. The van der Waals surface area contributed by atoms with Crippen molar-refractivity contribution in [2.75, 3.05) is 6.61 Å². The maximum atomic E-state index is 14.4. The molecule has 0 radical (unpaired) electrons. The van der Waals surface area contributed by atoms with Crippen molar-refractivity contribution in [2.24, 2.45) is 23.7 Å². The number of fused-ring (bicyclic) bond motifs is 2. The first kappa shape index (κ1) is 37.7. The van der Waals surface area contributed by atoms with Gasteiger partial charge in [0.15, 0.2) is 14.1 Å². The van der Waals surface area contributed by atoms with E-state index in [4.69, 9.17) is 23.4 Å². The van der Waals surface area contributed by atoms with E-state index >= 15 is 0 Å². The zero-order chi connectivity index (χ0) is 35.4. The van der Waals surface area contributed by atoms with Crippen molar-refractivity contribution in [3.63, 3.8) is 0 Å². The van der Waals surface area contributed by atoms with Gasteiger partial charge in [0.1, 0.15) is 23.7 Å². The summed E-state index contributed by atoms with van der Waals surface area (Å²) in [5, 5.41) is 24.0. The smallest absolute Gasteiger partial charge is 0.316 e. The summed E-state index contributed by atoms with van der Waals surface area (Å²) in [6.07, 6.45) is 9.76. The van der Waals surface area contributed by atoms with E-state index in [1.807, 2.05) is 38.2 Å². The minimum atomic E-state index is -2.27. The molecular formula is C39H62O8Si. The first-order valence-electron chi connectivity index (χ1n) is 18.3. The lowest BCUT2D eigenvalue weighted by Gasteiger charge is -2.51. The maximum absolute atomic E-state index is 14.4. The number of aliphatic hydroxyl groups excluding tert-OH is 1. The van der Waals surface area contributed by atoms with Crippen LogP contribution in [0.1, 0.15) is 94.4 Å². The Morgan fingerprint density at radius 3 is 2.42 bits per heavy atom. The van der Waals surface area contributed by atoms with Gasteiger partial charge in [0.25, 0.3) is 0 Å². The molecule has 5 aliphatic rings. The SMILES string of the molecule is CC1=C[C@H]2C(=O)O[C@H]3C[C@@H](C[C@H](O)/C(C)=C/[C@@H](C)/C=C/C=C4\CO[C@H]([C@@H]1O[Si](C)(C)C(C)(C)C)[C@@]42O)O[C@@]1(CC[C@H](C)[C@@H](C(C)C)O1)C3. The van der Waals surface area contributed by atoms with E-state index in [-0.39, 0.29) is 29.8 Å². The van der Waals surface area contributed by atoms with Crippen molar-refractivity contribution in [3.05, 3.63) is 47.1 Å². The Hall–Kier alpha value is -1.59. The predicted octanol–water partition coefficient (Wildman–Crippen LogP) is 7.17. The van der Waals surface area contributed by atoms with Gasteiger partial charge in [0, 0.05) is 25.7 Å². The van der Waals surface area contributed by atoms with E-state index in [9.17, 15) is 15.0 Å². The van der Waals surface area contributed by atoms with E-state index in [1.54, 1.807) is 0 Å². The van der Waals surface area contributed by atoms with Crippen LogP contribution in [0.25, 0.3) is 0 Å². The summed E-state index contributed by atoms with van der Waals surface area (Å²) in [7, 11) is -2.27. The molecule has 0 aromatic carbocycles. The van der Waals surface area contributed by atoms with Crippen LogP contribution in [0.4, 0.5) is 0 Å². The molecule has 0 aromatic rings. The first-order chi connectivity index (χ1) is 22.3. The Kier molecular flexibility index (Phi) is 10.9. The number of esters is 1. The van der Waals surface area contributed by atoms with Gasteiger partial charge in [-0.15, -0.1) is 0 Å². The van der Waals surface area contributed by atoms with Crippen LogP contribution in [0.5, 0.6) is 0 Å². The molecule has 2 N–H and O–H groups in total. The summed E-state index contributed by atoms with van der Waals surface area (Å²) in [6.45, 7) is 23.7. The topological polar surface area (TPSA) is 104 Å². The molecule has 270 valence electrons. The van der Waals surface area contributed by atoms with Gasteiger partial charge in [-0.2, -0.15) is 0 Å². The van der Waals surface area contributed by atoms with Crippen molar-refractivity contribution in [3.8, 4) is 0 Å². The van der Waals surface area contributed by atoms with Gasteiger partial charge < -0.3 is 33.6 Å². The van der Waals surface area contributed by atoms with Gasteiger partial charge in [-0.3, -0.25) is 4.79 Å². The fourth-order valence-corrected chi connectivity index (χ4v) is 9.42. The third-order valence-electron chi connectivity index (χ3n) is 12.0. The molecule has 3 fully saturated rings. The minimum Gasteiger partial charge on any atom is -0.462 e. The van der Waals surface area contributed by atoms with E-state index < -0.39 is 56.0 Å². The average Bonchev–Trinajstić information content (AvgIpc) is 3.31. The standard InChI is InChI=1S/C39H62O8Si/c1-23(2)33-25(4)15-16-38(46-33)21-30-19-29(45-38)20-32(40)26(5)17-24(3)13-12-14-28-22-43-35-34(47-48(10,11)37(7,8)9)27(6)18-31(36(41)44-30)39(28,35)42/h12-14,17-18,23-25,29-35,40,42H,15-16,19-22H2,1-11H3/b13-12+,26-17+,28-14+/t24-,25-,29-,30-,31-,32-,33+,34+,35+,38+,39+/m0/s1. The zero-order valence-electron chi connectivity index (χ0n) is 31.2. The molecule has 5 rings (SSSR count). The number of hydrogen-bond acceptors (Lipinski definition) is 8. The average molecular weight is 687 g/mol. The van der Waals surface area contributed by atoms with Crippen LogP contribution in [0.15, 0.2) is 47.1 Å². The number of allylic oxidation sites excluding steroid dienone is 4. The van der Waals surface area contributed by atoms with Crippen LogP contribution in [0.2, 0.25) is 18.1 Å². The fourth-order valence-electron chi connectivity index (χ4n) is 8.12. The Bertz CT molecular complexity index is 1330. The molecule has 1 spiro atoms. The second-order valence-corrected chi connectivity index (χ2v) is 22.1. The molecule has 0 unspecified atom stereocenters. The number of ether oxygens (including phenoxy) is 4. The number of hydrogen-bond donors (Lipinski definition) is 2. The molecular weight excluding hydrogens is 625 g/mol. The Labute approximate surface area is 290 Å². The Morgan fingerprint density at radius 1 is 1.04 bits per heavy atom. The monoisotopic (exact) mass is 686 g/mol. The summed E-state index contributed by atoms with van der Waals surface area (Å²) in [4.78, 5) is 14.4. The van der Waals surface area contributed by atoms with Gasteiger partial charge in [0.05, 0.1) is 31.0 Å². The largest absolute Gasteiger partial charge is 0.462 e. The van der Waals surface area contributed by atoms with Crippen LogP contribution in [-0.2, 0) is 28.2 Å². The van der Waals surface area contributed by atoms with Gasteiger partial charge in [-0.25, -0.2) is 0 Å². The highest BCUT2D eigenvalue weighted by Crippen LogP contribution is 2.50. The van der Waals surface area contributed by atoms with Crippen molar-refractivity contribution < 1.29 is 38.4 Å². The molecule has 0 aromatic heterocycles. The number of carbonyl (C=O) groups excluding carboxylic acids is 1. The quantitative estimate of drug-likeness (QED) is 0.183. The number of aliphatic hydroxyl groups is 2. The molecule has 48 heavy (non-hydrogen) atoms. The Balaban J connectivity index is 1.56. The van der Waals surface area contributed by atoms with Crippen molar-refractivity contribution in [2.45, 2.75) is 161 Å². The van der Waals surface area contributed by atoms with E-state index in [1.165, 1.54) is 0 Å². The third kappa shape index (κ3) is 7.39. The third-order valence-corrected chi connectivity index (χ3v) is 16.5. The zero-order valence-corrected chi connectivity index (χ0v) is 32.2. The highest BCUT2D eigenvalue weighted by atomic mass is 28.4. The molecule has 3 saturated heterocycles. The molecule has 1 aliphatic carbocycles. The van der Waals surface area contributed by atoms with E-state index in [2.05, 4.69) is 67.6 Å². The molecule has 0 amide bonds. The summed E-state index contributed by atoms with van der Waals surface area (Å²) in [6, 6.07) is 0. The number of carbonyl (C=O) groups is 1. The van der Waals surface area contributed by atoms with E-state index in [0.29, 0.717) is 43.1 Å². The van der Waals surface area contributed by atoms with Gasteiger partial charge in [0.2, 0.25) is 0 Å². The molecule has 9 heteroatoms. The van der Waals surface area contributed by atoms with Crippen LogP contribution in [0, 0.1) is 23.7 Å². The minimum absolute atomic E-state index is 0.0115. The Morgan fingerprint density at radius 2 is 1.75 bits per heavy atom. The van der Waals surface area contributed by atoms with Crippen LogP contribution in [-0.4, -0.2) is 79.1 Å². The second-order valence-electron chi connectivity index (χ2n) is 17.3. The summed E-state index contributed by atoms with van der Waals surface area (Å²) >= 11 is 0. The van der Waals surface area contributed by atoms with Crippen molar-refractivity contribution in [1.82, 2.24) is 0 Å². The molecule has 8 nitrogen and oxygen atoms in total. The fraction of sp³-hybridized carbons (Fsp3) is 0.769. The lowest BCUT2D eigenvalue weighted by molar-refractivity contribution is -0.342. The van der Waals surface area contributed by atoms with Crippen LogP contribution < -0.4 is 0 Å². The highest BCUT2D eigenvalue weighted by molar-refractivity contribution is 6.74. The molecule has 4 heterocycles. The van der Waals surface area contributed by atoms with Gasteiger partial charge in [-0.05, 0) is 72.9 Å². The van der Waals surface area contributed by atoms with Gasteiger partial charge >= 0.3 is 5.97 Å². The maximum Gasteiger partial charge on any atom is 0.316 e. The van der Waals surface area contributed by atoms with E-state index in [0.717, 1.165) is 17.6 Å². The lowest BCUT2D eigenvalue weighted by atomic mass is 9.71. The van der Waals surface area contributed by atoms with Crippen molar-refractivity contribution in [1.29, 1.82) is 0 Å². The first-order valence-corrected chi connectivity index (χ1v) is 21.2. The van der Waals surface area contributed by atoms with Crippen molar-refractivity contribution >= 4 is 14.3 Å². The summed E-state index contributed by atoms with van der Waals surface area (Å²) < 4.78 is 33.3. The molecule has 4 aliphatic heterocycles. The lowest BCUT2D eigenvalue weighted by Crippen LogP contribution is -2.61. The van der Waals surface area contributed by atoms with Crippen LogP contribution >= 0.6 is 0 Å². The molecule has 0 saturated carbocycles. The predicted molar refractivity (Wildman–Crippen MR) is 190 cm³/mol. The highest BCUT2D eigenvalue weighted by Gasteiger charge is 2.61. The molecule has 2 bridgehead atoms. The molecule has 11 atom stereocenters. The number of rotatable bonds is 3. The van der Waals surface area contributed by atoms with Gasteiger partial charge in [-0.1, -0.05) is 78.8 Å².